The Labute approximate surface area is 481 Å². The largest absolute Gasteiger partial charge is 0.507 e. The van der Waals surface area contributed by atoms with Crippen molar-refractivity contribution in [3.8, 4) is 27.4 Å². The van der Waals surface area contributed by atoms with Gasteiger partial charge in [-0.3, -0.25) is 19.4 Å². The van der Waals surface area contributed by atoms with Crippen molar-refractivity contribution in [3.05, 3.63) is 83.2 Å². The molecular formula is C62H84N12O6S. The van der Waals surface area contributed by atoms with E-state index in [-0.39, 0.29) is 54.1 Å². The van der Waals surface area contributed by atoms with Gasteiger partial charge in [0.25, 0.3) is 0 Å². The summed E-state index contributed by atoms with van der Waals surface area (Å²) in [5.74, 6) is 1.24. The van der Waals surface area contributed by atoms with Crippen LogP contribution in [0.25, 0.3) is 21.7 Å². The summed E-state index contributed by atoms with van der Waals surface area (Å²) in [6.45, 7) is 22.6. The number of aliphatic hydroxyl groups excluding tert-OH is 1. The van der Waals surface area contributed by atoms with Crippen molar-refractivity contribution < 1.29 is 29.1 Å². The number of aromatic hydroxyl groups is 1. The number of nitrogen functional groups attached to an aromatic ring is 1. The van der Waals surface area contributed by atoms with Gasteiger partial charge in [-0.2, -0.15) is 0 Å². The maximum Gasteiger partial charge on any atom is 0.243 e. The van der Waals surface area contributed by atoms with Crippen molar-refractivity contribution in [1.82, 2.24) is 45.3 Å². The second-order valence-corrected chi connectivity index (χ2v) is 26.7. The van der Waals surface area contributed by atoms with E-state index in [0.29, 0.717) is 52.3 Å². The molecule has 2 bridgehead atoms. The molecule has 7 aliphatic rings. The third-order valence-corrected chi connectivity index (χ3v) is 21.0. The predicted molar refractivity (Wildman–Crippen MR) is 315 cm³/mol. The first-order valence-electron chi connectivity index (χ1n) is 30.0. The minimum Gasteiger partial charge on any atom is -0.507 e. The first-order chi connectivity index (χ1) is 39.0. The average Bonchev–Trinajstić information content (AvgIpc) is 4.37. The first kappa shape index (κ1) is 55.8. The zero-order chi connectivity index (χ0) is 56.3. The number of carbonyl (C=O) groups excluding carboxylic acids is 2. The molecule has 6 saturated heterocycles. The number of benzene rings is 2. The monoisotopic (exact) mass is 1120 g/mol. The number of para-hydroxylation sites is 1. The Hall–Kier alpha value is -5.70. The molecule has 1 aliphatic carbocycles. The summed E-state index contributed by atoms with van der Waals surface area (Å²) in [6.07, 6.45) is 9.13. The lowest BCUT2D eigenvalue weighted by molar-refractivity contribution is -0.144. The molecule has 6 aliphatic heterocycles. The standard InChI is InChI=1S/C62H84N12O6S/c1-38(2)56(60(78)73-35-47(75)27-51(73)59(77)65-39(3)42-11-13-43(14-12-42)57-40(4)64-37-81-57)53-29-55(68-80-53)70-21-17-41(18-22-70)32-69-23-19-62(20-24-69)30-46(31-62)71-25-26-79-54(36-71)61(5,6)74-44-15-16-45(74)34-72(33-44)50-28-49(66-67-58(50)63)48-9-7-8-10-52(48)76/h7-14,28-29,37-39,41,44-47,51,54,56,75-76H,15-27,30-36H2,1-6H3,(H2,63,67)(H,65,77)/t39-,44?,45?,47+,51-,54+,56+/m0/s1. The highest BCUT2D eigenvalue weighted by Crippen LogP contribution is 2.52. The average molecular weight is 1130 g/mol. The normalized spacial score (nSPS) is 25.9. The van der Waals surface area contributed by atoms with Crippen LogP contribution in [0.1, 0.15) is 121 Å². The number of piperidine rings is 2. The molecule has 5 aromatic rings. The van der Waals surface area contributed by atoms with Gasteiger partial charge in [0.2, 0.25) is 11.8 Å². The van der Waals surface area contributed by atoms with Crippen LogP contribution >= 0.6 is 11.3 Å². The second kappa shape index (κ2) is 22.8. The number of morpholine rings is 1. The quantitative estimate of drug-likeness (QED) is 0.0792. The number of rotatable bonds is 15. The molecule has 2 unspecified atom stereocenters. The maximum absolute atomic E-state index is 14.5. The number of fused-ring (bicyclic) bond motifs is 2. The Morgan fingerprint density at radius 2 is 1.62 bits per heavy atom. The highest BCUT2D eigenvalue weighted by Gasteiger charge is 2.54. The third-order valence-electron chi connectivity index (χ3n) is 20.0. The number of ether oxygens (including phenoxy) is 1. The molecule has 12 rings (SSSR count). The van der Waals surface area contributed by atoms with Crippen LogP contribution < -0.4 is 20.9 Å². The number of phenolic OH excluding ortho intramolecular Hbond substituents is 1. The molecular weight excluding hydrogens is 1040 g/mol. The molecule has 2 amide bonds. The van der Waals surface area contributed by atoms with E-state index < -0.39 is 18.1 Å². The Kier molecular flexibility index (Phi) is 15.7. The fourth-order valence-corrected chi connectivity index (χ4v) is 16.1. The number of aliphatic hydroxyl groups is 1. The molecule has 1 spiro atoms. The number of nitrogens with one attached hydrogen (secondary N) is 1. The van der Waals surface area contributed by atoms with Crippen LogP contribution in [0.4, 0.5) is 17.3 Å². The number of hydrogen-bond acceptors (Lipinski definition) is 17. The number of thiazole rings is 1. The minimum atomic E-state index is -0.796. The fraction of sp³-hybridized carbons (Fsp3) is 0.613. The van der Waals surface area contributed by atoms with Crippen molar-refractivity contribution in [2.24, 2.45) is 17.3 Å². The van der Waals surface area contributed by atoms with E-state index in [1.54, 1.807) is 22.3 Å². The smallest absolute Gasteiger partial charge is 0.243 e. The number of phenols is 1. The molecule has 18 nitrogen and oxygen atoms in total. The number of β-amino-alcohol motifs (C(OH)–C–C–N with tert-alkyl or cyclic N) is 1. The summed E-state index contributed by atoms with van der Waals surface area (Å²) < 4.78 is 12.7. The zero-order valence-corrected chi connectivity index (χ0v) is 49.1. The van der Waals surface area contributed by atoms with Crippen molar-refractivity contribution in [2.45, 2.75) is 153 Å². The van der Waals surface area contributed by atoms with Crippen LogP contribution in [-0.2, 0) is 14.3 Å². The SMILES string of the molecule is Cc1ncsc1-c1ccc([C@H](C)NC(=O)[C@@H]2C[C@@H](O)CN2C(=O)[C@@H](c2cc(N3CCC(CN4CCC5(CC4)CC(N4CCO[C@@H](C(C)(C)N6C7CCC6CN(c6cc(-c8ccccc8O)nnc6N)C7)C4)C5)CC3)no2)C(C)C)cc1. The Morgan fingerprint density at radius 3 is 2.31 bits per heavy atom. The predicted octanol–water partition coefficient (Wildman–Crippen LogP) is 7.72. The van der Waals surface area contributed by atoms with E-state index in [2.05, 4.69) is 76.1 Å². The lowest BCUT2D eigenvalue weighted by Crippen LogP contribution is -2.68. The van der Waals surface area contributed by atoms with Gasteiger partial charge in [0.15, 0.2) is 17.4 Å². The van der Waals surface area contributed by atoms with Crippen molar-refractivity contribution >= 4 is 40.5 Å². The van der Waals surface area contributed by atoms with Crippen LogP contribution in [0.5, 0.6) is 5.75 Å². The van der Waals surface area contributed by atoms with Crippen molar-refractivity contribution in [2.75, 3.05) is 87.6 Å². The number of nitrogens with zero attached hydrogens (tertiary/aromatic N) is 10. The third kappa shape index (κ3) is 11.2. The zero-order valence-electron chi connectivity index (χ0n) is 48.3. The summed E-state index contributed by atoms with van der Waals surface area (Å²) in [4.78, 5) is 48.3. The van der Waals surface area contributed by atoms with Gasteiger partial charge >= 0.3 is 0 Å². The number of carbonyl (C=O) groups is 2. The second-order valence-electron chi connectivity index (χ2n) is 25.8. The van der Waals surface area contributed by atoms with Gasteiger partial charge in [0.1, 0.15) is 17.7 Å². The summed E-state index contributed by atoms with van der Waals surface area (Å²) in [5.41, 5.74) is 13.9. The van der Waals surface area contributed by atoms with E-state index in [9.17, 15) is 19.8 Å². The lowest BCUT2D eigenvalue weighted by Gasteiger charge is -2.58. The van der Waals surface area contributed by atoms with Crippen LogP contribution in [0.3, 0.4) is 0 Å². The molecule has 5 N–H and O–H groups in total. The van der Waals surface area contributed by atoms with Crippen LogP contribution in [0.15, 0.2) is 70.7 Å². The molecule has 3 aromatic heterocycles. The number of piperazine rings is 1. The molecule has 19 heteroatoms. The van der Waals surface area contributed by atoms with E-state index >= 15 is 0 Å². The number of aryl methyl sites for hydroxylation is 1. The molecule has 81 heavy (non-hydrogen) atoms. The molecule has 7 atom stereocenters. The topological polar surface area (TPSA) is 206 Å². The van der Waals surface area contributed by atoms with E-state index in [1.165, 1.54) is 38.8 Å². The van der Waals surface area contributed by atoms with Gasteiger partial charge in [0.05, 0.1) is 52.3 Å². The lowest BCUT2D eigenvalue weighted by atomic mass is 9.60. The van der Waals surface area contributed by atoms with E-state index in [4.69, 9.17) is 15.0 Å². The molecule has 1 saturated carbocycles. The number of hydrogen-bond donors (Lipinski definition) is 4. The number of aromatic nitrogens is 4. The van der Waals surface area contributed by atoms with Gasteiger partial charge in [0, 0.05) is 94.1 Å². The van der Waals surface area contributed by atoms with Crippen LogP contribution in [-0.4, -0.2) is 176 Å². The first-order valence-corrected chi connectivity index (χ1v) is 30.9. The Morgan fingerprint density at radius 1 is 0.889 bits per heavy atom. The van der Waals surface area contributed by atoms with Gasteiger partial charge in [-0.25, -0.2) is 4.98 Å². The summed E-state index contributed by atoms with van der Waals surface area (Å²) in [7, 11) is 0. The van der Waals surface area contributed by atoms with E-state index in [0.717, 1.165) is 111 Å². The highest BCUT2D eigenvalue weighted by molar-refractivity contribution is 7.13. The van der Waals surface area contributed by atoms with Crippen molar-refractivity contribution in [1.29, 1.82) is 0 Å². The van der Waals surface area contributed by atoms with Gasteiger partial charge in [-0.05, 0) is 139 Å². The number of likely N-dealkylation sites (tertiary alicyclic amines) is 2. The van der Waals surface area contributed by atoms with E-state index in [1.807, 2.05) is 75.7 Å². The maximum atomic E-state index is 14.5. The molecule has 9 heterocycles. The van der Waals surface area contributed by atoms with Crippen LogP contribution in [0.2, 0.25) is 0 Å². The van der Waals surface area contributed by atoms with Gasteiger partial charge in [-0.15, -0.1) is 21.5 Å². The molecule has 0 radical (unpaired) electrons. The van der Waals surface area contributed by atoms with Crippen molar-refractivity contribution in [3.63, 3.8) is 0 Å². The molecule has 434 valence electrons. The number of nitrogens with two attached hydrogens (primary N) is 1. The Balaban J connectivity index is 0.588. The van der Waals surface area contributed by atoms with Gasteiger partial charge < -0.3 is 50.1 Å². The minimum absolute atomic E-state index is 0.0935. The summed E-state index contributed by atoms with van der Waals surface area (Å²) in [5, 5.41) is 37.7. The highest BCUT2D eigenvalue weighted by atomic mass is 32.1. The molecule has 7 fully saturated rings. The summed E-state index contributed by atoms with van der Waals surface area (Å²) in [6, 6.07) is 19.6. The van der Waals surface area contributed by atoms with Gasteiger partial charge in [-0.1, -0.05) is 55.4 Å². The fourth-order valence-electron chi connectivity index (χ4n) is 15.3. The summed E-state index contributed by atoms with van der Waals surface area (Å²) >= 11 is 1.61. The number of anilines is 3. The molecule has 2 aromatic carbocycles. The van der Waals surface area contributed by atoms with Crippen LogP contribution in [0, 0.1) is 24.2 Å². The Bertz CT molecular complexity index is 3000. The number of amides is 2.